The second kappa shape index (κ2) is 5.24. The average Bonchev–Trinajstić information content (AvgIpc) is 2.70. The van der Waals surface area contributed by atoms with Crippen molar-refractivity contribution in [2.45, 2.75) is 19.4 Å². The summed E-state index contributed by atoms with van der Waals surface area (Å²) in [6.45, 7) is 1.85. The van der Waals surface area contributed by atoms with Crippen LogP contribution in [0.3, 0.4) is 0 Å². The highest BCUT2D eigenvalue weighted by Crippen LogP contribution is 2.19. The Kier molecular flexibility index (Phi) is 3.69. The lowest BCUT2D eigenvalue weighted by atomic mass is 10.0. The lowest BCUT2D eigenvalue weighted by Crippen LogP contribution is -2.29. The number of rotatable bonds is 4. The SMILES string of the molecule is Cc1cc(F)cc(C(Cc2cn(C)nn2)NN)c1. The van der Waals surface area contributed by atoms with E-state index in [4.69, 9.17) is 5.84 Å². The third-order valence-electron chi connectivity index (χ3n) is 2.73. The number of nitrogens with zero attached hydrogens (tertiary/aromatic N) is 3. The molecule has 18 heavy (non-hydrogen) atoms. The van der Waals surface area contributed by atoms with Crippen molar-refractivity contribution in [2.75, 3.05) is 0 Å². The predicted molar refractivity (Wildman–Crippen MR) is 65.9 cm³/mol. The number of nitrogens with two attached hydrogens (primary N) is 1. The maximum atomic E-state index is 13.4. The van der Waals surface area contributed by atoms with Gasteiger partial charge >= 0.3 is 0 Å². The zero-order valence-electron chi connectivity index (χ0n) is 10.4. The fourth-order valence-electron chi connectivity index (χ4n) is 1.94. The molecule has 1 aromatic heterocycles. The molecule has 0 saturated carbocycles. The monoisotopic (exact) mass is 249 g/mol. The molecule has 1 unspecified atom stereocenters. The number of hydrazine groups is 1. The second-order valence-electron chi connectivity index (χ2n) is 4.37. The molecule has 2 rings (SSSR count). The van der Waals surface area contributed by atoms with Gasteiger partial charge in [0.25, 0.3) is 0 Å². The number of halogens is 1. The number of hydrogen-bond donors (Lipinski definition) is 2. The van der Waals surface area contributed by atoms with Gasteiger partial charge in [0.05, 0.1) is 11.7 Å². The summed E-state index contributed by atoms with van der Waals surface area (Å²) >= 11 is 0. The molecule has 5 nitrogen and oxygen atoms in total. The first-order valence-electron chi connectivity index (χ1n) is 5.67. The van der Waals surface area contributed by atoms with Crippen LogP contribution in [0, 0.1) is 12.7 Å². The summed E-state index contributed by atoms with van der Waals surface area (Å²) in [6, 6.07) is 4.69. The topological polar surface area (TPSA) is 68.8 Å². The summed E-state index contributed by atoms with van der Waals surface area (Å²) in [4.78, 5) is 0. The van der Waals surface area contributed by atoms with Crippen molar-refractivity contribution in [3.8, 4) is 0 Å². The van der Waals surface area contributed by atoms with E-state index in [1.165, 1.54) is 12.1 Å². The van der Waals surface area contributed by atoms with Gasteiger partial charge in [0.1, 0.15) is 5.82 Å². The Morgan fingerprint density at radius 3 is 2.78 bits per heavy atom. The van der Waals surface area contributed by atoms with Crippen LogP contribution >= 0.6 is 0 Å². The van der Waals surface area contributed by atoms with Crippen LogP contribution in [0.15, 0.2) is 24.4 Å². The van der Waals surface area contributed by atoms with E-state index in [0.29, 0.717) is 6.42 Å². The highest BCUT2D eigenvalue weighted by Gasteiger charge is 2.14. The number of aromatic nitrogens is 3. The van der Waals surface area contributed by atoms with Crippen LogP contribution in [0.25, 0.3) is 0 Å². The zero-order chi connectivity index (χ0) is 13.1. The molecule has 3 N–H and O–H groups in total. The average molecular weight is 249 g/mol. The van der Waals surface area contributed by atoms with Crippen molar-refractivity contribution >= 4 is 0 Å². The van der Waals surface area contributed by atoms with E-state index in [-0.39, 0.29) is 11.9 Å². The van der Waals surface area contributed by atoms with E-state index in [1.54, 1.807) is 11.7 Å². The Hall–Kier alpha value is -1.79. The van der Waals surface area contributed by atoms with Crippen molar-refractivity contribution in [3.63, 3.8) is 0 Å². The fourth-order valence-corrected chi connectivity index (χ4v) is 1.94. The molecule has 0 amide bonds. The molecule has 2 aromatic rings. The Morgan fingerprint density at radius 1 is 1.44 bits per heavy atom. The first-order valence-corrected chi connectivity index (χ1v) is 5.67. The minimum Gasteiger partial charge on any atom is -0.271 e. The maximum Gasteiger partial charge on any atom is 0.123 e. The molecule has 1 aromatic carbocycles. The third kappa shape index (κ3) is 2.91. The quantitative estimate of drug-likeness (QED) is 0.627. The summed E-state index contributed by atoms with van der Waals surface area (Å²) < 4.78 is 15.0. The molecule has 0 aliphatic rings. The van der Waals surface area contributed by atoms with E-state index >= 15 is 0 Å². The van der Waals surface area contributed by atoms with Gasteiger partial charge in [-0.25, -0.2) is 4.39 Å². The minimum atomic E-state index is -0.260. The van der Waals surface area contributed by atoms with Gasteiger partial charge in [-0.1, -0.05) is 11.3 Å². The van der Waals surface area contributed by atoms with Gasteiger partial charge in [-0.15, -0.1) is 5.10 Å². The third-order valence-corrected chi connectivity index (χ3v) is 2.73. The molecule has 0 fully saturated rings. The van der Waals surface area contributed by atoms with Gasteiger partial charge in [-0.05, 0) is 30.2 Å². The summed E-state index contributed by atoms with van der Waals surface area (Å²) in [6.07, 6.45) is 2.38. The number of benzene rings is 1. The van der Waals surface area contributed by atoms with E-state index in [2.05, 4.69) is 15.7 Å². The van der Waals surface area contributed by atoms with Gasteiger partial charge in [-0.2, -0.15) is 0 Å². The Bertz CT molecular complexity index is 517. The summed E-state index contributed by atoms with van der Waals surface area (Å²) in [5, 5.41) is 7.85. The Morgan fingerprint density at radius 2 is 2.22 bits per heavy atom. The number of hydrogen-bond acceptors (Lipinski definition) is 4. The van der Waals surface area contributed by atoms with Crippen LogP contribution in [0.1, 0.15) is 22.9 Å². The van der Waals surface area contributed by atoms with Crippen LogP contribution in [-0.2, 0) is 13.5 Å². The van der Waals surface area contributed by atoms with Crippen molar-refractivity contribution in [1.29, 1.82) is 0 Å². The van der Waals surface area contributed by atoms with Crippen LogP contribution < -0.4 is 11.3 Å². The molecule has 96 valence electrons. The molecule has 0 aliphatic heterocycles. The van der Waals surface area contributed by atoms with Gasteiger partial charge in [0.2, 0.25) is 0 Å². The molecular weight excluding hydrogens is 233 g/mol. The van der Waals surface area contributed by atoms with E-state index in [1.807, 2.05) is 19.2 Å². The molecule has 0 radical (unpaired) electrons. The lowest BCUT2D eigenvalue weighted by Gasteiger charge is -2.15. The van der Waals surface area contributed by atoms with E-state index in [9.17, 15) is 4.39 Å². The molecule has 0 bridgehead atoms. The lowest BCUT2D eigenvalue weighted by molar-refractivity contribution is 0.538. The van der Waals surface area contributed by atoms with E-state index < -0.39 is 0 Å². The first-order chi connectivity index (χ1) is 8.58. The molecule has 0 spiro atoms. The molecule has 1 heterocycles. The van der Waals surface area contributed by atoms with Crippen LogP contribution in [0.2, 0.25) is 0 Å². The Labute approximate surface area is 105 Å². The highest BCUT2D eigenvalue weighted by molar-refractivity contribution is 5.27. The predicted octanol–water partition coefficient (Wildman–Crippen LogP) is 1.01. The molecule has 0 saturated heterocycles. The van der Waals surface area contributed by atoms with Gasteiger partial charge < -0.3 is 0 Å². The van der Waals surface area contributed by atoms with Gasteiger partial charge in [0.15, 0.2) is 0 Å². The minimum absolute atomic E-state index is 0.184. The molecule has 1 atom stereocenters. The summed E-state index contributed by atoms with van der Waals surface area (Å²) in [5.41, 5.74) is 5.17. The highest BCUT2D eigenvalue weighted by atomic mass is 19.1. The van der Waals surface area contributed by atoms with Crippen LogP contribution in [0.4, 0.5) is 4.39 Å². The van der Waals surface area contributed by atoms with E-state index in [0.717, 1.165) is 16.8 Å². The first kappa shape index (κ1) is 12.7. The Balaban J connectivity index is 2.22. The maximum absolute atomic E-state index is 13.4. The number of nitrogens with one attached hydrogen (secondary N) is 1. The zero-order valence-corrected chi connectivity index (χ0v) is 10.4. The van der Waals surface area contributed by atoms with Crippen LogP contribution in [-0.4, -0.2) is 15.0 Å². The van der Waals surface area contributed by atoms with Crippen molar-refractivity contribution in [2.24, 2.45) is 12.9 Å². The largest absolute Gasteiger partial charge is 0.271 e. The van der Waals surface area contributed by atoms with Crippen molar-refractivity contribution < 1.29 is 4.39 Å². The summed E-state index contributed by atoms with van der Waals surface area (Å²) in [5.74, 6) is 5.27. The second-order valence-corrected chi connectivity index (χ2v) is 4.37. The van der Waals surface area contributed by atoms with Gasteiger partial charge in [0, 0.05) is 19.7 Å². The number of aryl methyl sites for hydroxylation is 2. The van der Waals surface area contributed by atoms with Crippen LogP contribution in [0.5, 0.6) is 0 Å². The standard InChI is InChI=1S/C12H16FN5/c1-8-3-9(5-10(13)4-8)12(15-14)6-11-7-18(2)17-16-11/h3-5,7,12,15H,6,14H2,1-2H3. The van der Waals surface area contributed by atoms with Crippen molar-refractivity contribution in [1.82, 2.24) is 20.4 Å². The summed E-state index contributed by atoms with van der Waals surface area (Å²) in [7, 11) is 1.80. The van der Waals surface area contributed by atoms with Crippen molar-refractivity contribution in [3.05, 3.63) is 47.0 Å². The van der Waals surface area contributed by atoms with Gasteiger partial charge in [-0.3, -0.25) is 16.0 Å². The molecule has 0 aliphatic carbocycles. The fraction of sp³-hybridized carbons (Fsp3) is 0.333. The normalized spacial score (nSPS) is 12.7. The molecule has 6 heteroatoms. The molecular formula is C12H16FN5. The smallest absolute Gasteiger partial charge is 0.123 e.